The number of Topliss-reactive ketones (excluding diaryl/α,β-unsaturated/α-hetero) is 1. The number of phenols is 1. The van der Waals surface area contributed by atoms with Crippen molar-refractivity contribution in [3.63, 3.8) is 0 Å². The molecule has 0 unspecified atom stereocenters. The van der Waals surface area contributed by atoms with E-state index in [-0.39, 0.29) is 11.5 Å². The molecule has 2 rings (SSSR count). The summed E-state index contributed by atoms with van der Waals surface area (Å²) < 4.78 is 0. The zero-order chi connectivity index (χ0) is 14.3. The number of benzene rings is 1. The quantitative estimate of drug-likeness (QED) is 0.805. The largest absolute Gasteiger partial charge is 0.507 e. The van der Waals surface area contributed by atoms with Gasteiger partial charge in [0.1, 0.15) is 5.75 Å². The van der Waals surface area contributed by atoms with Gasteiger partial charge in [-0.05, 0) is 56.8 Å². The second kappa shape index (κ2) is 7.95. The number of hydrogen-bond acceptors (Lipinski definition) is 3. The van der Waals surface area contributed by atoms with Crippen molar-refractivity contribution in [2.75, 3.05) is 13.1 Å². The van der Waals surface area contributed by atoms with Crippen LogP contribution in [0, 0.1) is 11.8 Å². The van der Waals surface area contributed by atoms with Crippen molar-refractivity contribution in [3.8, 4) is 5.75 Å². The summed E-state index contributed by atoms with van der Waals surface area (Å²) in [5.74, 6) is 1.83. The molecule has 3 nitrogen and oxygen atoms in total. The van der Waals surface area contributed by atoms with Crippen molar-refractivity contribution in [2.45, 2.75) is 33.6 Å². The summed E-state index contributed by atoms with van der Waals surface area (Å²) in [5, 5.41) is 12.4. The maximum atomic E-state index is 10.7. The van der Waals surface area contributed by atoms with Crippen LogP contribution in [0.3, 0.4) is 0 Å². The van der Waals surface area contributed by atoms with Gasteiger partial charge in [-0.25, -0.2) is 0 Å². The number of nitrogens with one attached hydrogen (secondary N) is 1. The number of ketones is 1. The van der Waals surface area contributed by atoms with Crippen molar-refractivity contribution in [1.82, 2.24) is 5.32 Å². The maximum absolute atomic E-state index is 10.7. The molecule has 1 aromatic rings. The average Bonchev–Trinajstić information content (AvgIpc) is 2.40. The van der Waals surface area contributed by atoms with Gasteiger partial charge in [0.15, 0.2) is 5.78 Å². The van der Waals surface area contributed by atoms with E-state index in [0.29, 0.717) is 5.56 Å². The molecule has 2 N–H and O–H groups in total. The zero-order valence-electron chi connectivity index (χ0n) is 12.1. The summed E-state index contributed by atoms with van der Waals surface area (Å²) in [4.78, 5) is 10.7. The topological polar surface area (TPSA) is 49.3 Å². The molecule has 106 valence electrons. The van der Waals surface area contributed by atoms with Crippen molar-refractivity contribution in [3.05, 3.63) is 29.8 Å². The molecular formula is C16H25NO2. The maximum Gasteiger partial charge on any atom is 0.163 e. The normalized spacial score (nSPS) is 15.8. The van der Waals surface area contributed by atoms with Crippen molar-refractivity contribution in [2.24, 2.45) is 11.8 Å². The number of para-hydroxylation sites is 1. The number of aromatic hydroxyl groups is 1. The predicted molar refractivity (Wildman–Crippen MR) is 78.5 cm³/mol. The van der Waals surface area contributed by atoms with Gasteiger partial charge in [-0.2, -0.15) is 0 Å². The summed E-state index contributed by atoms with van der Waals surface area (Å²) in [7, 11) is 0. The van der Waals surface area contributed by atoms with Gasteiger partial charge in [0.25, 0.3) is 0 Å². The Hall–Kier alpha value is -1.35. The van der Waals surface area contributed by atoms with Crippen molar-refractivity contribution < 1.29 is 9.90 Å². The molecule has 1 aromatic carbocycles. The van der Waals surface area contributed by atoms with Crippen molar-refractivity contribution in [1.29, 1.82) is 0 Å². The summed E-state index contributed by atoms with van der Waals surface area (Å²) in [6.07, 6.45) is 2.77. The van der Waals surface area contributed by atoms with E-state index in [1.54, 1.807) is 18.2 Å². The standard InChI is InChI=1S/C8H17N.C8H8O2/c1-7(2)8-3-5-9-6-4-8;1-6(9)7-4-2-3-5-8(7)10/h7-9H,3-6H2,1-2H3;2-5,10H,1H3. The van der Waals surface area contributed by atoms with Gasteiger partial charge in [-0.1, -0.05) is 26.0 Å². The van der Waals surface area contributed by atoms with Gasteiger partial charge in [-0.3, -0.25) is 4.79 Å². The third kappa shape index (κ3) is 5.43. The molecule has 0 radical (unpaired) electrons. The number of phenolic OH excluding ortho intramolecular Hbond substituents is 1. The number of carbonyl (C=O) groups is 1. The van der Waals surface area contributed by atoms with Crippen LogP contribution < -0.4 is 5.32 Å². The Morgan fingerprint density at radius 2 is 1.84 bits per heavy atom. The summed E-state index contributed by atoms with van der Waals surface area (Å²) in [5.41, 5.74) is 0.377. The highest BCUT2D eigenvalue weighted by atomic mass is 16.3. The molecule has 0 atom stereocenters. The number of rotatable bonds is 2. The summed E-state index contributed by atoms with van der Waals surface area (Å²) in [6.45, 7) is 8.56. The first-order chi connectivity index (χ1) is 9.02. The van der Waals surface area contributed by atoms with Crippen molar-refractivity contribution >= 4 is 5.78 Å². The minimum atomic E-state index is -0.113. The number of piperidine rings is 1. The first kappa shape index (κ1) is 15.7. The predicted octanol–water partition coefficient (Wildman–Crippen LogP) is 3.24. The average molecular weight is 263 g/mol. The minimum absolute atomic E-state index is 0.0509. The van der Waals surface area contributed by atoms with E-state index in [0.717, 1.165) is 11.8 Å². The van der Waals surface area contributed by atoms with Crippen LogP contribution in [0.15, 0.2) is 24.3 Å². The molecule has 0 saturated carbocycles. The van der Waals surface area contributed by atoms with Crippen LogP contribution in [-0.2, 0) is 0 Å². The molecule has 0 aliphatic carbocycles. The Morgan fingerprint density at radius 1 is 1.26 bits per heavy atom. The fraction of sp³-hybridized carbons (Fsp3) is 0.562. The Morgan fingerprint density at radius 3 is 2.21 bits per heavy atom. The molecule has 19 heavy (non-hydrogen) atoms. The highest BCUT2D eigenvalue weighted by Gasteiger charge is 2.15. The highest BCUT2D eigenvalue weighted by molar-refractivity contribution is 5.96. The second-order valence-corrected chi connectivity index (χ2v) is 5.40. The van der Waals surface area contributed by atoms with E-state index in [1.807, 2.05) is 0 Å². The molecule has 1 aliphatic heterocycles. The lowest BCUT2D eigenvalue weighted by atomic mass is 9.87. The van der Waals surface area contributed by atoms with Gasteiger partial charge in [0, 0.05) is 0 Å². The van der Waals surface area contributed by atoms with Crippen LogP contribution in [-0.4, -0.2) is 24.0 Å². The lowest BCUT2D eigenvalue weighted by Gasteiger charge is -2.25. The van der Waals surface area contributed by atoms with E-state index in [9.17, 15) is 4.79 Å². The molecular weight excluding hydrogens is 238 g/mol. The molecule has 1 saturated heterocycles. The third-order valence-corrected chi connectivity index (χ3v) is 3.61. The van der Waals surface area contributed by atoms with Gasteiger partial charge in [0.2, 0.25) is 0 Å². The smallest absolute Gasteiger partial charge is 0.163 e. The first-order valence-corrected chi connectivity index (χ1v) is 7.02. The van der Waals surface area contributed by atoms with Gasteiger partial charge in [0.05, 0.1) is 5.56 Å². The van der Waals surface area contributed by atoms with Crippen LogP contribution in [0.2, 0.25) is 0 Å². The van der Waals surface area contributed by atoms with E-state index < -0.39 is 0 Å². The van der Waals surface area contributed by atoms with Crippen LogP contribution >= 0.6 is 0 Å². The first-order valence-electron chi connectivity index (χ1n) is 7.02. The summed E-state index contributed by atoms with van der Waals surface area (Å²) in [6, 6.07) is 6.49. The van der Waals surface area contributed by atoms with Gasteiger partial charge in [-0.15, -0.1) is 0 Å². The minimum Gasteiger partial charge on any atom is -0.507 e. The van der Waals surface area contributed by atoms with E-state index >= 15 is 0 Å². The summed E-state index contributed by atoms with van der Waals surface area (Å²) >= 11 is 0. The third-order valence-electron chi connectivity index (χ3n) is 3.61. The fourth-order valence-electron chi connectivity index (χ4n) is 2.28. The van der Waals surface area contributed by atoms with E-state index in [2.05, 4.69) is 19.2 Å². The van der Waals surface area contributed by atoms with Gasteiger partial charge < -0.3 is 10.4 Å². The van der Waals surface area contributed by atoms with Crippen LogP contribution in [0.1, 0.15) is 44.0 Å². The van der Waals surface area contributed by atoms with Crippen LogP contribution in [0.4, 0.5) is 0 Å². The Kier molecular flexibility index (Phi) is 6.57. The molecule has 1 aliphatic rings. The molecule has 3 heteroatoms. The molecule has 0 amide bonds. The molecule has 0 aromatic heterocycles. The Labute approximate surface area is 116 Å². The second-order valence-electron chi connectivity index (χ2n) is 5.40. The van der Waals surface area contributed by atoms with Crippen LogP contribution in [0.5, 0.6) is 5.75 Å². The number of carbonyl (C=O) groups excluding carboxylic acids is 1. The number of hydrogen-bond donors (Lipinski definition) is 2. The molecule has 0 spiro atoms. The molecule has 1 heterocycles. The molecule has 0 bridgehead atoms. The van der Waals surface area contributed by atoms with Gasteiger partial charge >= 0.3 is 0 Å². The lowest BCUT2D eigenvalue weighted by Crippen LogP contribution is -2.29. The van der Waals surface area contributed by atoms with E-state index in [1.165, 1.54) is 38.9 Å². The lowest BCUT2D eigenvalue weighted by molar-refractivity contribution is 0.101. The highest BCUT2D eigenvalue weighted by Crippen LogP contribution is 2.20. The Balaban J connectivity index is 0.000000191. The van der Waals surface area contributed by atoms with Crippen LogP contribution in [0.25, 0.3) is 0 Å². The monoisotopic (exact) mass is 263 g/mol. The fourth-order valence-corrected chi connectivity index (χ4v) is 2.28. The zero-order valence-corrected chi connectivity index (χ0v) is 12.1. The van der Waals surface area contributed by atoms with E-state index in [4.69, 9.17) is 5.11 Å². The SMILES string of the molecule is CC(=O)c1ccccc1O.CC(C)C1CCNCC1. The molecule has 1 fully saturated rings. The Bertz CT molecular complexity index is 395.